The number of ketones is 1. The Balaban J connectivity index is 1.98. The third-order valence-electron chi connectivity index (χ3n) is 3.89. The fourth-order valence-electron chi connectivity index (χ4n) is 2.97. The summed E-state index contributed by atoms with van der Waals surface area (Å²) in [5.74, 6) is 0.578. The van der Waals surface area contributed by atoms with E-state index in [4.69, 9.17) is 0 Å². The smallest absolute Gasteiger partial charge is 0.189 e. The van der Waals surface area contributed by atoms with Gasteiger partial charge in [0, 0.05) is 23.5 Å². The van der Waals surface area contributed by atoms with E-state index in [9.17, 15) is 9.59 Å². The van der Waals surface area contributed by atoms with E-state index >= 15 is 0 Å². The molecule has 0 bridgehead atoms. The molecule has 0 heterocycles. The molecule has 0 saturated heterocycles. The molecular formula is C18H24O2S. The van der Waals surface area contributed by atoms with Crippen molar-refractivity contribution >= 4 is 22.7 Å². The summed E-state index contributed by atoms with van der Waals surface area (Å²) in [5.41, 5.74) is 1.19. The first-order chi connectivity index (χ1) is 9.85. The van der Waals surface area contributed by atoms with Crippen LogP contribution in [0.1, 0.15) is 45.6 Å². The van der Waals surface area contributed by atoms with Gasteiger partial charge in [-0.15, -0.1) is 0 Å². The van der Waals surface area contributed by atoms with Crippen LogP contribution in [0.25, 0.3) is 0 Å². The van der Waals surface area contributed by atoms with Gasteiger partial charge in [0.05, 0.1) is 0 Å². The van der Waals surface area contributed by atoms with Crippen molar-refractivity contribution in [3.8, 4) is 0 Å². The van der Waals surface area contributed by atoms with Crippen LogP contribution in [0, 0.1) is 11.8 Å². The van der Waals surface area contributed by atoms with Gasteiger partial charge < -0.3 is 0 Å². The lowest BCUT2D eigenvalue weighted by Gasteiger charge is -2.21. The van der Waals surface area contributed by atoms with Crippen molar-refractivity contribution in [2.75, 3.05) is 0 Å². The zero-order valence-electron chi connectivity index (χ0n) is 13.1. The summed E-state index contributed by atoms with van der Waals surface area (Å²) in [5, 5.41) is 0.222. The largest absolute Gasteiger partial charge is 0.299 e. The molecule has 1 saturated carbocycles. The number of hydrogen-bond acceptors (Lipinski definition) is 3. The molecular weight excluding hydrogens is 280 g/mol. The van der Waals surface area contributed by atoms with Crippen LogP contribution in [0.5, 0.6) is 0 Å². The molecule has 0 aliphatic heterocycles. The monoisotopic (exact) mass is 304 g/mol. The molecule has 0 radical (unpaired) electrons. The van der Waals surface area contributed by atoms with E-state index < -0.39 is 0 Å². The third-order valence-corrected chi connectivity index (χ3v) is 4.90. The van der Waals surface area contributed by atoms with E-state index in [0.29, 0.717) is 18.6 Å². The van der Waals surface area contributed by atoms with Crippen molar-refractivity contribution in [1.29, 1.82) is 0 Å². The van der Waals surface area contributed by atoms with Gasteiger partial charge in [0.1, 0.15) is 5.78 Å². The van der Waals surface area contributed by atoms with Crippen LogP contribution >= 0.6 is 11.8 Å². The summed E-state index contributed by atoms with van der Waals surface area (Å²) in [6, 6.07) is 10.1. The molecule has 3 heteroatoms. The minimum atomic E-state index is -0.0470. The maximum atomic E-state index is 12.2. The van der Waals surface area contributed by atoms with Gasteiger partial charge in [0.15, 0.2) is 5.12 Å². The summed E-state index contributed by atoms with van der Waals surface area (Å²) >= 11 is 1.40. The Morgan fingerprint density at radius 2 is 1.90 bits per heavy atom. The highest BCUT2D eigenvalue weighted by molar-refractivity contribution is 8.14. The minimum absolute atomic E-state index is 0.0249. The lowest BCUT2D eigenvalue weighted by molar-refractivity contribution is -0.121. The van der Waals surface area contributed by atoms with Crippen molar-refractivity contribution in [3.05, 3.63) is 35.9 Å². The zero-order valence-corrected chi connectivity index (χ0v) is 13.9. The Morgan fingerprint density at radius 1 is 1.24 bits per heavy atom. The summed E-state index contributed by atoms with van der Waals surface area (Å²) in [6.45, 7) is 6.16. The van der Waals surface area contributed by atoms with Crippen molar-refractivity contribution in [2.24, 2.45) is 11.8 Å². The highest BCUT2D eigenvalue weighted by atomic mass is 32.2. The fraction of sp³-hybridized carbons (Fsp3) is 0.556. The van der Waals surface area contributed by atoms with Crippen molar-refractivity contribution in [2.45, 2.75) is 51.2 Å². The summed E-state index contributed by atoms with van der Waals surface area (Å²) in [6.07, 6.45) is 2.81. The predicted molar refractivity (Wildman–Crippen MR) is 88.3 cm³/mol. The summed E-state index contributed by atoms with van der Waals surface area (Å²) in [4.78, 5) is 24.3. The first kappa shape index (κ1) is 16.3. The zero-order chi connectivity index (χ0) is 15.5. The van der Waals surface area contributed by atoms with Gasteiger partial charge in [-0.1, -0.05) is 62.9 Å². The minimum Gasteiger partial charge on any atom is -0.299 e. The van der Waals surface area contributed by atoms with E-state index in [2.05, 4.69) is 32.9 Å². The number of rotatable bonds is 4. The number of benzene rings is 1. The van der Waals surface area contributed by atoms with Gasteiger partial charge >= 0.3 is 0 Å². The van der Waals surface area contributed by atoms with E-state index in [1.807, 2.05) is 18.2 Å². The molecule has 0 N–H and O–H groups in total. The quantitative estimate of drug-likeness (QED) is 0.833. The third kappa shape index (κ3) is 4.99. The standard InChI is InChI=1S/C18H24O2S/c1-18(2,3)21-17(20)12-14-9-10-16(19)15(14)11-13-7-5-4-6-8-13/h4-8,14-15H,9-12H2,1-3H3. The Labute approximate surface area is 131 Å². The molecule has 2 unspecified atom stereocenters. The van der Waals surface area contributed by atoms with E-state index in [0.717, 1.165) is 12.8 Å². The van der Waals surface area contributed by atoms with Crippen molar-refractivity contribution < 1.29 is 9.59 Å². The van der Waals surface area contributed by atoms with Crippen molar-refractivity contribution in [3.63, 3.8) is 0 Å². The van der Waals surface area contributed by atoms with Gasteiger partial charge in [-0.05, 0) is 24.3 Å². The maximum Gasteiger partial charge on any atom is 0.189 e. The average molecular weight is 304 g/mol. The van der Waals surface area contributed by atoms with E-state index in [1.54, 1.807) is 0 Å². The molecule has 1 aromatic carbocycles. The normalized spacial score (nSPS) is 22.5. The molecule has 1 aromatic rings. The maximum absolute atomic E-state index is 12.2. The van der Waals surface area contributed by atoms with Crippen LogP contribution in [0.15, 0.2) is 30.3 Å². The van der Waals surface area contributed by atoms with Crippen LogP contribution in [0.4, 0.5) is 0 Å². The first-order valence-corrected chi connectivity index (χ1v) is 8.45. The topological polar surface area (TPSA) is 34.1 Å². The van der Waals surface area contributed by atoms with E-state index in [1.165, 1.54) is 17.3 Å². The molecule has 114 valence electrons. The molecule has 0 spiro atoms. The number of hydrogen-bond donors (Lipinski definition) is 0. The lowest BCUT2D eigenvalue weighted by Crippen LogP contribution is -2.21. The second-order valence-corrected chi connectivity index (χ2v) is 8.74. The molecule has 0 amide bonds. The van der Waals surface area contributed by atoms with Gasteiger partial charge in [0.25, 0.3) is 0 Å². The highest BCUT2D eigenvalue weighted by Crippen LogP contribution is 2.36. The Bertz CT molecular complexity index is 502. The molecule has 2 nitrogen and oxygen atoms in total. The number of thioether (sulfide) groups is 1. The van der Waals surface area contributed by atoms with Crippen LogP contribution in [0.3, 0.4) is 0 Å². The molecule has 1 aliphatic carbocycles. The van der Waals surface area contributed by atoms with Crippen LogP contribution in [0.2, 0.25) is 0 Å². The average Bonchev–Trinajstić information content (AvgIpc) is 2.70. The highest BCUT2D eigenvalue weighted by Gasteiger charge is 2.36. The molecule has 1 fully saturated rings. The van der Waals surface area contributed by atoms with Gasteiger partial charge in [-0.3, -0.25) is 9.59 Å². The number of Topliss-reactive ketones (excluding diaryl/α,β-unsaturated/α-hetero) is 1. The van der Waals surface area contributed by atoms with Crippen molar-refractivity contribution in [1.82, 2.24) is 0 Å². The van der Waals surface area contributed by atoms with Crippen LogP contribution < -0.4 is 0 Å². The van der Waals surface area contributed by atoms with E-state index in [-0.39, 0.29) is 21.7 Å². The predicted octanol–water partition coefficient (Wildman–Crippen LogP) is 4.27. The summed E-state index contributed by atoms with van der Waals surface area (Å²) < 4.78 is -0.0470. The number of carbonyl (C=O) groups excluding carboxylic acids is 2. The van der Waals surface area contributed by atoms with Gasteiger partial charge in [-0.2, -0.15) is 0 Å². The fourth-order valence-corrected chi connectivity index (χ4v) is 3.95. The van der Waals surface area contributed by atoms with Gasteiger partial charge in [0.2, 0.25) is 0 Å². The Kier molecular flexibility index (Phi) is 5.26. The Morgan fingerprint density at radius 3 is 2.52 bits per heavy atom. The second-order valence-electron chi connectivity index (χ2n) is 6.85. The molecule has 0 aromatic heterocycles. The molecule has 2 atom stereocenters. The van der Waals surface area contributed by atoms with Crippen LogP contribution in [-0.4, -0.2) is 15.6 Å². The molecule has 1 aliphatic rings. The molecule has 2 rings (SSSR count). The Hall–Kier alpha value is -1.09. The van der Waals surface area contributed by atoms with Crippen LogP contribution in [-0.2, 0) is 16.0 Å². The lowest BCUT2D eigenvalue weighted by atomic mass is 9.87. The molecule has 21 heavy (non-hydrogen) atoms. The number of carbonyl (C=O) groups is 2. The first-order valence-electron chi connectivity index (χ1n) is 7.63. The van der Waals surface area contributed by atoms with Gasteiger partial charge in [-0.25, -0.2) is 0 Å². The second kappa shape index (κ2) is 6.78. The SMILES string of the molecule is CC(C)(C)SC(=O)CC1CCC(=O)C1Cc1ccccc1. The summed E-state index contributed by atoms with van der Waals surface area (Å²) in [7, 11) is 0.